The van der Waals surface area contributed by atoms with Gasteiger partial charge in [0.25, 0.3) is 0 Å². The van der Waals surface area contributed by atoms with Crippen LogP contribution >= 0.6 is 0 Å². The maximum absolute atomic E-state index is 11.8. The highest BCUT2D eigenvalue weighted by atomic mass is 16.6. The summed E-state index contributed by atoms with van der Waals surface area (Å²) >= 11 is 0. The van der Waals surface area contributed by atoms with E-state index in [4.69, 9.17) is 14.2 Å². The molecule has 0 radical (unpaired) electrons. The van der Waals surface area contributed by atoms with Crippen LogP contribution in [0.4, 0.5) is 5.82 Å². The normalized spacial score (nSPS) is 25.8. The molecule has 2 aromatic heterocycles. The summed E-state index contributed by atoms with van der Waals surface area (Å²) in [6.07, 6.45) is 1.08. The minimum Gasteiger partial charge on any atom is -0.456 e. The Hall–Kier alpha value is -3.57. The number of carbonyl (C=O) groups is 2. The van der Waals surface area contributed by atoms with Gasteiger partial charge in [0.1, 0.15) is 12.4 Å². The average Bonchev–Trinajstić information content (AvgIpc) is 3.50. The number of rotatable bonds is 6. The number of hydrogen-bond donors (Lipinski definition) is 2. The molecule has 1 fully saturated rings. The quantitative estimate of drug-likeness (QED) is 0.515. The first-order valence-corrected chi connectivity index (χ1v) is 11.1. The van der Waals surface area contributed by atoms with Gasteiger partial charge in [-0.3, -0.25) is 14.2 Å². The number of aromatic nitrogens is 4. The van der Waals surface area contributed by atoms with Crippen LogP contribution < -0.4 is 5.32 Å². The highest BCUT2D eigenvalue weighted by Gasteiger charge is 2.50. The smallest absolute Gasteiger partial charge is 0.303 e. The van der Waals surface area contributed by atoms with Crippen molar-refractivity contribution in [3.05, 3.63) is 48.0 Å². The molecule has 11 nitrogen and oxygen atoms in total. The summed E-state index contributed by atoms with van der Waals surface area (Å²) in [7, 11) is 0. The van der Waals surface area contributed by atoms with Crippen LogP contribution in [0.5, 0.6) is 0 Å². The predicted octanol–water partition coefficient (Wildman–Crippen LogP) is 1.68. The molecule has 1 aliphatic heterocycles. The Kier molecular flexibility index (Phi) is 5.88. The van der Waals surface area contributed by atoms with E-state index in [9.17, 15) is 14.7 Å². The number of benzene rings is 1. The van der Waals surface area contributed by atoms with Crippen molar-refractivity contribution in [1.29, 1.82) is 0 Å². The predicted molar refractivity (Wildman–Crippen MR) is 119 cm³/mol. The van der Waals surface area contributed by atoms with E-state index in [-0.39, 0.29) is 6.04 Å². The summed E-state index contributed by atoms with van der Waals surface area (Å²) in [5.41, 5.74) is 3.52. The number of aliphatic hydroxyl groups is 1. The molecule has 0 spiro atoms. The molecule has 34 heavy (non-hydrogen) atoms. The Bertz CT molecular complexity index is 1230. The minimum absolute atomic E-state index is 0.100. The second kappa shape index (κ2) is 8.99. The number of carbonyl (C=O) groups excluding carboxylic acids is 2. The number of esters is 2. The zero-order valence-electron chi connectivity index (χ0n) is 18.7. The molecule has 5 atom stereocenters. The molecule has 1 aliphatic carbocycles. The number of nitrogens with one attached hydrogen (secondary N) is 1. The SMILES string of the molecule is CC(=O)O[C@H]1[C@H](OC(C)=O)[C@@H](CO)O[C@H]1n1cnc2c(N[C@H]3CCc4ccccc43)ncnc21. The van der Waals surface area contributed by atoms with Crippen molar-refractivity contribution in [2.24, 2.45) is 0 Å². The number of imidazole rings is 1. The van der Waals surface area contributed by atoms with Crippen LogP contribution in [-0.4, -0.2) is 61.5 Å². The molecule has 178 valence electrons. The van der Waals surface area contributed by atoms with Gasteiger partial charge in [-0.05, 0) is 24.0 Å². The van der Waals surface area contributed by atoms with E-state index in [0.717, 1.165) is 12.8 Å². The van der Waals surface area contributed by atoms with E-state index in [2.05, 4.69) is 32.4 Å². The molecular weight excluding hydrogens is 442 g/mol. The summed E-state index contributed by atoms with van der Waals surface area (Å²) in [5, 5.41) is 13.3. The number of aliphatic hydroxyl groups excluding tert-OH is 1. The number of fused-ring (bicyclic) bond motifs is 2. The van der Waals surface area contributed by atoms with Gasteiger partial charge in [-0.15, -0.1) is 0 Å². The number of anilines is 1. The summed E-state index contributed by atoms with van der Waals surface area (Å²) in [6, 6.07) is 8.40. The van der Waals surface area contributed by atoms with Gasteiger partial charge in [0.2, 0.25) is 0 Å². The highest BCUT2D eigenvalue weighted by molar-refractivity contribution is 5.83. The van der Waals surface area contributed by atoms with E-state index >= 15 is 0 Å². The van der Waals surface area contributed by atoms with Gasteiger partial charge in [0.05, 0.1) is 19.0 Å². The van der Waals surface area contributed by atoms with Crippen molar-refractivity contribution in [3.8, 4) is 0 Å². The molecule has 0 saturated carbocycles. The van der Waals surface area contributed by atoms with Gasteiger partial charge >= 0.3 is 11.9 Å². The van der Waals surface area contributed by atoms with Crippen LogP contribution in [0, 0.1) is 0 Å². The third-order valence-electron chi connectivity index (χ3n) is 6.15. The largest absolute Gasteiger partial charge is 0.456 e. The lowest BCUT2D eigenvalue weighted by Crippen LogP contribution is -2.40. The summed E-state index contributed by atoms with van der Waals surface area (Å²) in [5.74, 6) is -0.579. The number of hydrogen-bond acceptors (Lipinski definition) is 10. The molecule has 2 aliphatic rings. The van der Waals surface area contributed by atoms with Crippen LogP contribution in [0.3, 0.4) is 0 Å². The lowest BCUT2D eigenvalue weighted by Gasteiger charge is -2.23. The molecule has 0 bridgehead atoms. The lowest BCUT2D eigenvalue weighted by atomic mass is 10.1. The van der Waals surface area contributed by atoms with E-state index in [1.807, 2.05) is 12.1 Å². The van der Waals surface area contributed by atoms with Gasteiger partial charge in [-0.25, -0.2) is 15.0 Å². The average molecular weight is 467 g/mol. The minimum atomic E-state index is -0.996. The van der Waals surface area contributed by atoms with E-state index < -0.39 is 43.1 Å². The Labute approximate surface area is 195 Å². The number of nitrogens with zero attached hydrogens (tertiary/aromatic N) is 4. The van der Waals surface area contributed by atoms with Crippen molar-refractivity contribution in [2.45, 2.75) is 57.3 Å². The molecular formula is C23H25N5O6. The molecule has 1 saturated heterocycles. The van der Waals surface area contributed by atoms with Crippen molar-refractivity contribution >= 4 is 28.9 Å². The van der Waals surface area contributed by atoms with Crippen LogP contribution in [0.1, 0.15) is 43.7 Å². The fraction of sp³-hybridized carbons (Fsp3) is 0.435. The van der Waals surface area contributed by atoms with Gasteiger partial charge in [0, 0.05) is 13.8 Å². The maximum atomic E-state index is 11.8. The van der Waals surface area contributed by atoms with E-state index in [0.29, 0.717) is 17.0 Å². The maximum Gasteiger partial charge on any atom is 0.303 e. The fourth-order valence-corrected chi connectivity index (χ4v) is 4.75. The Morgan fingerprint density at radius 2 is 1.91 bits per heavy atom. The topological polar surface area (TPSA) is 138 Å². The fourth-order valence-electron chi connectivity index (χ4n) is 4.75. The van der Waals surface area contributed by atoms with Crippen molar-refractivity contribution < 1.29 is 28.9 Å². The molecule has 11 heteroatoms. The summed E-state index contributed by atoms with van der Waals surface area (Å²) in [4.78, 5) is 36.7. The molecule has 0 unspecified atom stereocenters. The van der Waals surface area contributed by atoms with E-state index in [1.165, 1.54) is 37.6 Å². The first-order valence-electron chi connectivity index (χ1n) is 11.1. The molecule has 3 aromatic rings. The summed E-state index contributed by atoms with van der Waals surface area (Å²) in [6.45, 7) is 2.07. The first kappa shape index (κ1) is 22.2. The molecule has 0 amide bonds. The Balaban J connectivity index is 1.48. The van der Waals surface area contributed by atoms with Crippen molar-refractivity contribution in [2.75, 3.05) is 11.9 Å². The standard InChI is InChI=1S/C23H25N5O6/c1-12(30)32-19-17(9-29)34-23(20(19)33-13(2)31)28-11-26-18-21(24-10-25-22(18)28)27-16-8-7-14-5-3-4-6-15(14)16/h3-6,10-11,16-17,19-20,23,29H,7-9H2,1-2H3,(H,24,25,27)/t16-,17+,19+,20-,23+/m0/s1. The van der Waals surface area contributed by atoms with Crippen molar-refractivity contribution in [3.63, 3.8) is 0 Å². The van der Waals surface area contributed by atoms with Gasteiger partial charge in [0.15, 0.2) is 35.4 Å². The van der Waals surface area contributed by atoms with Crippen LogP contribution in [0.15, 0.2) is 36.9 Å². The highest BCUT2D eigenvalue weighted by Crippen LogP contribution is 2.37. The lowest BCUT2D eigenvalue weighted by molar-refractivity contribution is -0.165. The molecule has 5 rings (SSSR count). The van der Waals surface area contributed by atoms with Crippen LogP contribution in [-0.2, 0) is 30.2 Å². The van der Waals surface area contributed by atoms with Gasteiger partial charge in [-0.2, -0.15) is 0 Å². The second-order valence-corrected chi connectivity index (χ2v) is 8.38. The van der Waals surface area contributed by atoms with Gasteiger partial charge in [-0.1, -0.05) is 24.3 Å². The van der Waals surface area contributed by atoms with Crippen LogP contribution in [0.2, 0.25) is 0 Å². The van der Waals surface area contributed by atoms with E-state index in [1.54, 1.807) is 4.57 Å². The summed E-state index contributed by atoms with van der Waals surface area (Å²) < 4.78 is 18.3. The zero-order valence-corrected chi connectivity index (χ0v) is 18.7. The second-order valence-electron chi connectivity index (χ2n) is 8.38. The third-order valence-corrected chi connectivity index (χ3v) is 6.15. The Morgan fingerprint density at radius 3 is 2.68 bits per heavy atom. The Morgan fingerprint density at radius 1 is 1.15 bits per heavy atom. The number of aryl methyl sites for hydroxylation is 1. The third kappa shape index (κ3) is 3.97. The van der Waals surface area contributed by atoms with Crippen molar-refractivity contribution in [1.82, 2.24) is 19.5 Å². The first-order chi connectivity index (χ1) is 16.5. The number of ether oxygens (including phenoxy) is 3. The molecule has 1 aromatic carbocycles. The molecule has 3 heterocycles. The molecule has 2 N–H and O–H groups in total. The van der Waals surface area contributed by atoms with Crippen LogP contribution in [0.25, 0.3) is 11.2 Å². The zero-order chi connectivity index (χ0) is 23.8. The van der Waals surface area contributed by atoms with Gasteiger partial charge < -0.3 is 24.6 Å². The monoisotopic (exact) mass is 467 g/mol.